The highest BCUT2D eigenvalue weighted by Gasteiger charge is 2.25. The first kappa shape index (κ1) is 21.7. The molecule has 0 atom stereocenters. The number of benzene rings is 1. The van der Waals surface area contributed by atoms with E-state index >= 15 is 0 Å². The minimum atomic E-state index is -0.707. The van der Waals surface area contributed by atoms with E-state index in [2.05, 4.69) is 21.2 Å². The Morgan fingerprint density at radius 3 is 2.39 bits per heavy atom. The molecule has 1 saturated heterocycles. The van der Waals surface area contributed by atoms with Crippen LogP contribution in [-0.4, -0.2) is 79.6 Å². The average Bonchev–Trinajstić information content (AvgIpc) is 2.70. The van der Waals surface area contributed by atoms with Gasteiger partial charge in [0.25, 0.3) is 11.8 Å². The smallest absolute Gasteiger partial charge is 0.409 e. The molecule has 0 bridgehead atoms. The van der Waals surface area contributed by atoms with Crippen molar-refractivity contribution in [2.45, 2.75) is 6.92 Å². The molecule has 2 rings (SSSR count). The first-order valence-corrected chi connectivity index (χ1v) is 9.59. The second-order valence-corrected chi connectivity index (χ2v) is 6.84. The Bertz CT molecular complexity index is 734. The molecule has 0 saturated carbocycles. The number of piperazine rings is 1. The van der Waals surface area contributed by atoms with Crippen LogP contribution in [0.2, 0.25) is 0 Å². The second kappa shape index (κ2) is 10.6. The topological polar surface area (TPSA) is 105 Å². The van der Waals surface area contributed by atoms with Gasteiger partial charge in [-0.25, -0.2) is 4.79 Å². The molecular weight excluding hydrogens is 434 g/mol. The van der Waals surface area contributed by atoms with E-state index in [1.807, 2.05) is 0 Å². The third-order valence-electron chi connectivity index (χ3n) is 4.00. The van der Waals surface area contributed by atoms with Crippen LogP contribution in [-0.2, 0) is 19.1 Å². The van der Waals surface area contributed by atoms with Gasteiger partial charge in [-0.1, -0.05) is 22.0 Å². The first-order chi connectivity index (χ1) is 13.4. The third-order valence-corrected chi connectivity index (χ3v) is 4.49. The number of nitrogens with zero attached hydrogens (tertiary/aromatic N) is 2. The zero-order valence-corrected chi connectivity index (χ0v) is 17.1. The van der Waals surface area contributed by atoms with E-state index in [1.54, 1.807) is 31.2 Å². The third kappa shape index (κ3) is 6.52. The monoisotopic (exact) mass is 455 g/mol. The Morgan fingerprint density at radius 1 is 1.07 bits per heavy atom. The standard InChI is InChI=1S/C18H22BrN3O6/c1-2-27-18(26)22-8-6-21(7-9-22)15(23)12-28-16(24)11-20-17(25)13-4-3-5-14(19)10-13/h3-5,10H,2,6-9,11-12H2,1H3,(H,20,25). The van der Waals surface area contributed by atoms with Gasteiger partial charge in [-0.3, -0.25) is 14.4 Å². The summed E-state index contributed by atoms with van der Waals surface area (Å²) in [5.41, 5.74) is 0.401. The predicted octanol–water partition coefficient (Wildman–Crippen LogP) is 1.02. The summed E-state index contributed by atoms with van der Waals surface area (Å²) >= 11 is 3.27. The summed E-state index contributed by atoms with van der Waals surface area (Å²) in [5.74, 6) is -1.48. The maximum atomic E-state index is 12.1. The second-order valence-electron chi connectivity index (χ2n) is 5.92. The molecule has 152 valence electrons. The lowest BCUT2D eigenvalue weighted by molar-refractivity contribution is -0.151. The van der Waals surface area contributed by atoms with Gasteiger partial charge in [-0.15, -0.1) is 0 Å². The summed E-state index contributed by atoms with van der Waals surface area (Å²) in [6.07, 6.45) is -0.401. The fourth-order valence-corrected chi connectivity index (χ4v) is 2.92. The summed E-state index contributed by atoms with van der Waals surface area (Å²) < 4.78 is 10.6. The molecule has 1 aliphatic heterocycles. The van der Waals surface area contributed by atoms with Gasteiger partial charge in [0.05, 0.1) is 6.61 Å². The van der Waals surface area contributed by atoms with Gasteiger partial charge in [0.1, 0.15) is 6.54 Å². The largest absolute Gasteiger partial charge is 0.454 e. The molecular formula is C18H22BrN3O6. The van der Waals surface area contributed by atoms with Crippen molar-refractivity contribution in [3.8, 4) is 0 Å². The van der Waals surface area contributed by atoms with Crippen molar-refractivity contribution in [1.29, 1.82) is 0 Å². The molecule has 0 radical (unpaired) electrons. The molecule has 1 aromatic rings. The number of hydrogen-bond donors (Lipinski definition) is 1. The summed E-state index contributed by atoms with van der Waals surface area (Å²) in [6.45, 7) is 2.69. The number of halogens is 1. The molecule has 1 aromatic carbocycles. The molecule has 0 unspecified atom stereocenters. The van der Waals surface area contributed by atoms with Crippen LogP contribution in [0, 0.1) is 0 Å². The fourth-order valence-electron chi connectivity index (χ4n) is 2.52. The van der Waals surface area contributed by atoms with Crippen molar-refractivity contribution in [2.24, 2.45) is 0 Å². The predicted molar refractivity (Wildman–Crippen MR) is 103 cm³/mol. The number of nitrogens with one attached hydrogen (secondary N) is 1. The van der Waals surface area contributed by atoms with Crippen LogP contribution in [0.15, 0.2) is 28.7 Å². The minimum absolute atomic E-state index is 0.298. The van der Waals surface area contributed by atoms with Crippen LogP contribution in [0.25, 0.3) is 0 Å². The SMILES string of the molecule is CCOC(=O)N1CCN(C(=O)COC(=O)CNC(=O)c2cccc(Br)c2)CC1. The molecule has 1 heterocycles. The van der Waals surface area contributed by atoms with E-state index in [9.17, 15) is 19.2 Å². The summed E-state index contributed by atoms with van der Waals surface area (Å²) in [6, 6.07) is 6.73. The van der Waals surface area contributed by atoms with Crippen LogP contribution in [0.4, 0.5) is 4.79 Å². The maximum absolute atomic E-state index is 12.1. The quantitative estimate of drug-likeness (QED) is 0.642. The molecule has 0 spiro atoms. The van der Waals surface area contributed by atoms with Crippen molar-refractivity contribution in [3.05, 3.63) is 34.3 Å². The number of carbonyl (C=O) groups excluding carboxylic acids is 4. The van der Waals surface area contributed by atoms with Crippen LogP contribution in [0.5, 0.6) is 0 Å². The minimum Gasteiger partial charge on any atom is -0.454 e. The van der Waals surface area contributed by atoms with E-state index in [4.69, 9.17) is 9.47 Å². The van der Waals surface area contributed by atoms with Gasteiger partial charge in [-0.05, 0) is 25.1 Å². The zero-order valence-electron chi connectivity index (χ0n) is 15.5. The normalized spacial score (nSPS) is 13.6. The lowest BCUT2D eigenvalue weighted by atomic mass is 10.2. The van der Waals surface area contributed by atoms with E-state index < -0.39 is 24.6 Å². The molecule has 28 heavy (non-hydrogen) atoms. The van der Waals surface area contributed by atoms with Crippen molar-refractivity contribution >= 4 is 39.8 Å². The summed E-state index contributed by atoms with van der Waals surface area (Å²) in [5, 5.41) is 2.44. The van der Waals surface area contributed by atoms with Gasteiger partial charge in [0.15, 0.2) is 6.61 Å². The van der Waals surface area contributed by atoms with Gasteiger partial charge in [-0.2, -0.15) is 0 Å². The zero-order chi connectivity index (χ0) is 20.5. The number of carbonyl (C=O) groups is 4. The van der Waals surface area contributed by atoms with Crippen LogP contribution in [0.1, 0.15) is 17.3 Å². The van der Waals surface area contributed by atoms with Crippen molar-refractivity contribution < 1.29 is 28.7 Å². The molecule has 0 aliphatic carbocycles. The number of rotatable bonds is 6. The molecule has 3 amide bonds. The van der Waals surface area contributed by atoms with Gasteiger partial charge < -0.3 is 24.6 Å². The Hall–Kier alpha value is -2.62. The number of esters is 1. The lowest BCUT2D eigenvalue weighted by Crippen LogP contribution is -2.51. The van der Waals surface area contributed by atoms with E-state index in [0.717, 1.165) is 4.47 Å². The highest BCUT2D eigenvalue weighted by Crippen LogP contribution is 2.11. The van der Waals surface area contributed by atoms with Crippen LogP contribution < -0.4 is 5.32 Å². The van der Waals surface area contributed by atoms with Gasteiger partial charge >= 0.3 is 12.1 Å². The molecule has 1 N–H and O–H groups in total. The highest BCUT2D eigenvalue weighted by atomic mass is 79.9. The van der Waals surface area contributed by atoms with E-state index in [0.29, 0.717) is 38.3 Å². The number of hydrogen-bond acceptors (Lipinski definition) is 6. The van der Waals surface area contributed by atoms with Crippen molar-refractivity contribution in [2.75, 3.05) is 45.9 Å². The average molecular weight is 456 g/mol. The molecule has 1 aliphatic rings. The molecule has 0 aromatic heterocycles. The van der Waals surface area contributed by atoms with Crippen LogP contribution >= 0.6 is 15.9 Å². The van der Waals surface area contributed by atoms with Crippen LogP contribution in [0.3, 0.4) is 0 Å². The number of ether oxygens (including phenoxy) is 2. The van der Waals surface area contributed by atoms with E-state index in [1.165, 1.54) is 9.80 Å². The summed E-state index contributed by atoms with van der Waals surface area (Å²) in [7, 11) is 0. The van der Waals surface area contributed by atoms with Gasteiger partial charge in [0, 0.05) is 36.2 Å². The Balaban J connectivity index is 1.68. The Kier molecular flexibility index (Phi) is 8.24. The highest BCUT2D eigenvalue weighted by molar-refractivity contribution is 9.10. The van der Waals surface area contributed by atoms with E-state index in [-0.39, 0.29) is 12.5 Å². The first-order valence-electron chi connectivity index (χ1n) is 8.79. The molecule has 1 fully saturated rings. The van der Waals surface area contributed by atoms with Crippen molar-refractivity contribution in [1.82, 2.24) is 15.1 Å². The maximum Gasteiger partial charge on any atom is 0.409 e. The Morgan fingerprint density at radius 2 is 1.75 bits per heavy atom. The summed E-state index contributed by atoms with van der Waals surface area (Å²) in [4.78, 5) is 50.5. The van der Waals surface area contributed by atoms with Gasteiger partial charge in [0.2, 0.25) is 0 Å². The Labute approximate surface area is 171 Å². The fraction of sp³-hybridized carbons (Fsp3) is 0.444. The number of amides is 3. The molecule has 10 heteroatoms. The lowest BCUT2D eigenvalue weighted by Gasteiger charge is -2.33. The van der Waals surface area contributed by atoms with Crippen molar-refractivity contribution in [3.63, 3.8) is 0 Å². The molecule has 9 nitrogen and oxygen atoms in total.